The van der Waals surface area contributed by atoms with E-state index in [1.807, 2.05) is 22.8 Å². The highest BCUT2D eigenvalue weighted by Crippen LogP contribution is 2.23. The van der Waals surface area contributed by atoms with Gasteiger partial charge >= 0.3 is 0 Å². The summed E-state index contributed by atoms with van der Waals surface area (Å²) in [6.07, 6.45) is 5.84. The molecule has 0 fully saturated rings. The maximum Gasteiger partial charge on any atom is 0.255 e. The smallest absolute Gasteiger partial charge is 0.255 e. The fourth-order valence-electron chi connectivity index (χ4n) is 3.42. The molecule has 0 saturated carbocycles. The Hall–Kier alpha value is -2.35. The lowest BCUT2D eigenvalue weighted by Gasteiger charge is -2.14. The van der Waals surface area contributed by atoms with E-state index in [1.54, 1.807) is 0 Å². The summed E-state index contributed by atoms with van der Waals surface area (Å²) in [6.45, 7) is 6.40. The van der Waals surface area contributed by atoms with Crippen LogP contribution >= 0.6 is 0 Å². The molecule has 0 unspecified atom stereocenters. The minimum atomic E-state index is 0.0608. The van der Waals surface area contributed by atoms with Crippen molar-refractivity contribution in [3.63, 3.8) is 0 Å². The number of fused-ring (bicyclic) bond motifs is 1. The lowest BCUT2D eigenvalue weighted by molar-refractivity contribution is 0.667. The van der Waals surface area contributed by atoms with Gasteiger partial charge in [0, 0.05) is 17.1 Å². The molecular formula is C23H27NO. The van der Waals surface area contributed by atoms with Crippen LogP contribution in [0.1, 0.15) is 49.3 Å². The molecule has 0 saturated heterocycles. The molecule has 0 radical (unpaired) electrons. The maximum atomic E-state index is 12.9. The number of unbranched alkanes of at least 4 members (excludes halogenated alkanes) is 3. The molecule has 0 aliphatic carbocycles. The summed E-state index contributed by atoms with van der Waals surface area (Å²) >= 11 is 0. The van der Waals surface area contributed by atoms with Crippen molar-refractivity contribution in [2.24, 2.45) is 0 Å². The Bertz CT molecular complexity index is 919. The first-order chi connectivity index (χ1) is 12.1. The molecule has 3 rings (SSSR count). The SMILES string of the molecule is CCCCCCc1cc(=O)n(-c2ccc(C)cc2)c2ccc(C)cc12. The van der Waals surface area contributed by atoms with Crippen molar-refractivity contribution < 1.29 is 0 Å². The first-order valence-corrected chi connectivity index (χ1v) is 9.32. The molecule has 2 nitrogen and oxygen atoms in total. The van der Waals surface area contributed by atoms with Gasteiger partial charge in [-0.15, -0.1) is 0 Å². The molecule has 0 spiro atoms. The third-order valence-corrected chi connectivity index (χ3v) is 4.85. The van der Waals surface area contributed by atoms with Crippen molar-refractivity contribution in [1.82, 2.24) is 4.57 Å². The molecule has 0 bridgehead atoms. The van der Waals surface area contributed by atoms with E-state index < -0.39 is 0 Å². The van der Waals surface area contributed by atoms with Crippen LogP contribution in [0.15, 0.2) is 53.3 Å². The molecule has 3 aromatic rings. The van der Waals surface area contributed by atoms with Crippen LogP contribution in [-0.4, -0.2) is 4.57 Å². The van der Waals surface area contributed by atoms with Gasteiger partial charge in [0.05, 0.1) is 5.52 Å². The second-order valence-corrected chi connectivity index (χ2v) is 7.01. The van der Waals surface area contributed by atoms with Crippen molar-refractivity contribution in [3.8, 4) is 5.69 Å². The van der Waals surface area contributed by atoms with Crippen LogP contribution in [0, 0.1) is 13.8 Å². The van der Waals surface area contributed by atoms with E-state index in [2.05, 4.69) is 51.1 Å². The topological polar surface area (TPSA) is 22.0 Å². The average Bonchev–Trinajstić information content (AvgIpc) is 2.60. The van der Waals surface area contributed by atoms with Gasteiger partial charge in [-0.3, -0.25) is 9.36 Å². The fraction of sp³-hybridized carbons (Fsp3) is 0.348. The van der Waals surface area contributed by atoms with Gasteiger partial charge in [0.2, 0.25) is 0 Å². The minimum absolute atomic E-state index is 0.0608. The highest BCUT2D eigenvalue weighted by atomic mass is 16.1. The number of benzene rings is 2. The van der Waals surface area contributed by atoms with Crippen LogP contribution in [0.2, 0.25) is 0 Å². The van der Waals surface area contributed by atoms with Crippen LogP contribution in [0.4, 0.5) is 0 Å². The van der Waals surface area contributed by atoms with E-state index >= 15 is 0 Å². The zero-order valence-electron chi connectivity index (χ0n) is 15.5. The van der Waals surface area contributed by atoms with Gasteiger partial charge in [-0.05, 0) is 56.5 Å². The van der Waals surface area contributed by atoms with Crippen LogP contribution in [-0.2, 0) is 6.42 Å². The van der Waals surface area contributed by atoms with Crippen LogP contribution in [0.5, 0.6) is 0 Å². The molecule has 0 N–H and O–H groups in total. The predicted octanol–water partition coefficient (Wildman–Crippen LogP) is 5.73. The van der Waals surface area contributed by atoms with Crippen molar-refractivity contribution in [2.75, 3.05) is 0 Å². The van der Waals surface area contributed by atoms with Crippen molar-refractivity contribution >= 4 is 10.9 Å². The first-order valence-electron chi connectivity index (χ1n) is 9.32. The van der Waals surface area contributed by atoms with E-state index in [0.717, 1.165) is 24.0 Å². The summed E-state index contributed by atoms with van der Waals surface area (Å²) in [6, 6.07) is 16.4. The van der Waals surface area contributed by atoms with Crippen LogP contribution < -0.4 is 5.56 Å². The Labute approximate surface area is 150 Å². The fourth-order valence-corrected chi connectivity index (χ4v) is 3.42. The largest absolute Gasteiger partial charge is 0.277 e. The molecule has 0 atom stereocenters. The normalized spacial score (nSPS) is 11.2. The van der Waals surface area contributed by atoms with Gasteiger partial charge in [-0.1, -0.05) is 55.5 Å². The Balaban J connectivity index is 2.12. The van der Waals surface area contributed by atoms with E-state index in [1.165, 1.54) is 41.3 Å². The molecule has 1 aromatic heterocycles. The summed E-state index contributed by atoms with van der Waals surface area (Å²) in [4.78, 5) is 12.9. The van der Waals surface area contributed by atoms with Gasteiger partial charge < -0.3 is 0 Å². The number of aryl methyl sites for hydroxylation is 3. The molecule has 0 aliphatic rings. The molecule has 0 aliphatic heterocycles. The summed E-state index contributed by atoms with van der Waals surface area (Å²) in [7, 11) is 0. The average molecular weight is 333 g/mol. The number of rotatable bonds is 6. The quantitative estimate of drug-likeness (QED) is 0.528. The molecule has 25 heavy (non-hydrogen) atoms. The van der Waals surface area contributed by atoms with E-state index in [0.29, 0.717) is 0 Å². The second-order valence-electron chi connectivity index (χ2n) is 7.01. The number of nitrogens with zero attached hydrogens (tertiary/aromatic N) is 1. The Morgan fingerprint density at radius 3 is 2.28 bits per heavy atom. The first kappa shape index (κ1) is 17.5. The molecule has 0 amide bonds. The predicted molar refractivity (Wildman–Crippen MR) is 107 cm³/mol. The van der Waals surface area contributed by atoms with Gasteiger partial charge in [0.25, 0.3) is 5.56 Å². The summed E-state index contributed by atoms with van der Waals surface area (Å²) < 4.78 is 1.84. The Morgan fingerprint density at radius 1 is 0.840 bits per heavy atom. The zero-order valence-corrected chi connectivity index (χ0v) is 15.5. The molecule has 130 valence electrons. The molecule has 1 heterocycles. The minimum Gasteiger partial charge on any atom is -0.277 e. The standard InChI is InChI=1S/C23H27NO/c1-4-5-6-7-8-19-16-23(25)24(20-12-9-17(2)10-13-20)22-14-11-18(3)15-21(19)22/h9-16H,4-8H2,1-3H3. The highest BCUT2D eigenvalue weighted by molar-refractivity contribution is 5.84. The van der Waals surface area contributed by atoms with Gasteiger partial charge in [0.15, 0.2) is 0 Å². The highest BCUT2D eigenvalue weighted by Gasteiger charge is 2.10. The third-order valence-electron chi connectivity index (χ3n) is 4.85. The van der Waals surface area contributed by atoms with Crippen molar-refractivity contribution in [1.29, 1.82) is 0 Å². The van der Waals surface area contributed by atoms with Gasteiger partial charge in [0.1, 0.15) is 0 Å². The van der Waals surface area contributed by atoms with Gasteiger partial charge in [-0.25, -0.2) is 0 Å². The monoisotopic (exact) mass is 333 g/mol. The zero-order chi connectivity index (χ0) is 17.8. The summed E-state index contributed by atoms with van der Waals surface area (Å²) in [5.41, 5.74) is 5.61. The Morgan fingerprint density at radius 2 is 1.56 bits per heavy atom. The lowest BCUT2D eigenvalue weighted by Crippen LogP contribution is -2.19. The second kappa shape index (κ2) is 7.69. The third kappa shape index (κ3) is 3.84. The van der Waals surface area contributed by atoms with Gasteiger partial charge in [-0.2, -0.15) is 0 Å². The van der Waals surface area contributed by atoms with E-state index in [9.17, 15) is 4.79 Å². The van der Waals surface area contributed by atoms with E-state index in [4.69, 9.17) is 0 Å². The van der Waals surface area contributed by atoms with Crippen LogP contribution in [0.25, 0.3) is 16.6 Å². The number of aromatic nitrogens is 1. The maximum absolute atomic E-state index is 12.9. The molecular weight excluding hydrogens is 306 g/mol. The van der Waals surface area contributed by atoms with Crippen molar-refractivity contribution in [2.45, 2.75) is 52.9 Å². The molecule has 2 heteroatoms. The number of pyridine rings is 1. The van der Waals surface area contributed by atoms with Crippen molar-refractivity contribution in [3.05, 3.63) is 75.6 Å². The number of hydrogen-bond donors (Lipinski definition) is 0. The van der Waals surface area contributed by atoms with E-state index in [-0.39, 0.29) is 5.56 Å². The Kier molecular flexibility index (Phi) is 5.37. The molecule has 2 aromatic carbocycles. The summed E-state index contributed by atoms with van der Waals surface area (Å²) in [5, 5.41) is 1.21. The van der Waals surface area contributed by atoms with Crippen LogP contribution in [0.3, 0.4) is 0 Å². The summed E-state index contributed by atoms with van der Waals surface area (Å²) in [5.74, 6) is 0. The lowest BCUT2D eigenvalue weighted by atomic mass is 10.0. The number of hydrogen-bond acceptors (Lipinski definition) is 1.